The van der Waals surface area contributed by atoms with Gasteiger partial charge in [0.15, 0.2) is 0 Å². The molecule has 0 fully saturated rings. The van der Waals surface area contributed by atoms with Gasteiger partial charge in [-0.2, -0.15) is 13.2 Å². The van der Waals surface area contributed by atoms with Crippen molar-refractivity contribution in [1.82, 2.24) is 0 Å². The fourth-order valence-electron chi connectivity index (χ4n) is 2.19. The molecule has 0 heterocycles. The van der Waals surface area contributed by atoms with E-state index in [1.807, 2.05) is 0 Å². The first-order valence-corrected chi connectivity index (χ1v) is 10.4. The monoisotopic (exact) mass is 425 g/mol. The van der Waals surface area contributed by atoms with Gasteiger partial charge in [0.25, 0.3) is 0 Å². The lowest BCUT2D eigenvalue weighted by atomic mass is 10.3. The fraction of sp³-hybridized carbons (Fsp3) is 0.0526. The Morgan fingerprint density at radius 3 is 1.64 bits per heavy atom. The van der Waals surface area contributed by atoms with E-state index in [1.165, 1.54) is 24.3 Å². The minimum Gasteiger partial charge on any atom is -0.400 e. The van der Waals surface area contributed by atoms with Crippen molar-refractivity contribution in [3.63, 3.8) is 0 Å². The van der Waals surface area contributed by atoms with Crippen LogP contribution in [0.25, 0.3) is 0 Å². The normalized spacial score (nSPS) is 11.7. The molecule has 0 bridgehead atoms. The van der Waals surface area contributed by atoms with Crippen molar-refractivity contribution in [2.24, 2.45) is 0 Å². The third kappa shape index (κ3) is 6.25. The second-order valence-corrected chi connectivity index (χ2v) is 8.21. The molecule has 3 aromatic rings. The Balaban J connectivity index is 1.81. The summed E-state index contributed by atoms with van der Waals surface area (Å²) in [7, 11) is -3.92. The molecule has 0 unspecified atom stereocenters. The van der Waals surface area contributed by atoms with E-state index in [1.54, 1.807) is 60.7 Å². The van der Waals surface area contributed by atoms with Crippen LogP contribution in [0.2, 0.25) is 0 Å². The highest BCUT2D eigenvalue weighted by molar-refractivity contribution is 8.00. The van der Waals surface area contributed by atoms with E-state index in [9.17, 15) is 17.7 Å². The molecule has 1 N–H and O–H groups in total. The molecule has 0 aliphatic carbocycles. The molecule has 28 heavy (non-hydrogen) atoms. The molecular formula is C19H15F3NO3PS. The van der Waals surface area contributed by atoms with Crippen molar-refractivity contribution in [3.8, 4) is 11.5 Å². The van der Waals surface area contributed by atoms with Crippen molar-refractivity contribution in [3.05, 3.63) is 84.9 Å². The zero-order chi connectivity index (χ0) is 20.0. The van der Waals surface area contributed by atoms with Crippen LogP contribution in [-0.2, 0) is 4.57 Å². The third-order valence-electron chi connectivity index (χ3n) is 3.29. The summed E-state index contributed by atoms with van der Waals surface area (Å²) in [6.07, 6.45) is 0. The van der Waals surface area contributed by atoms with Crippen LogP contribution in [0.3, 0.4) is 0 Å². The second kappa shape index (κ2) is 8.63. The van der Waals surface area contributed by atoms with Crippen LogP contribution in [0.4, 0.5) is 18.9 Å². The Morgan fingerprint density at radius 2 is 1.21 bits per heavy atom. The standard InChI is InChI=1S/C19H15F3NO3PS/c20-19(21,22)28-18-13-11-15(12-14-18)23-27(24,25-16-7-3-1-4-8-16)26-17-9-5-2-6-10-17/h1-14H,(H,23,24). The summed E-state index contributed by atoms with van der Waals surface area (Å²) in [6.45, 7) is 0. The van der Waals surface area contributed by atoms with Crippen molar-refractivity contribution < 1.29 is 26.8 Å². The SMILES string of the molecule is O=P(Nc1ccc(SC(F)(F)F)cc1)(Oc1ccccc1)Oc1ccccc1. The van der Waals surface area contributed by atoms with Crippen LogP contribution in [0.5, 0.6) is 11.5 Å². The highest BCUT2D eigenvalue weighted by Crippen LogP contribution is 2.48. The number of rotatable bonds is 7. The number of alkyl halides is 3. The predicted octanol–water partition coefficient (Wildman–Crippen LogP) is 6.98. The molecule has 0 aromatic heterocycles. The first-order chi connectivity index (χ1) is 13.3. The van der Waals surface area contributed by atoms with Gasteiger partial charge in [-0.05, 0) is 60.3 Å². The van der Waals surface area contributed by atoms with E-state index < -0.39 is 13.3 Å². The first kappa shape index (κ1) is 20.2. The highest BCUT2D eigenvalue weighted by atomic mass is 32.2. The van der Waals surface area contributed by atoms with Gasteiger partial charge < -0.3 is 9.05 Å². The number of hydrogen-bond acceptors (Lipinski definition) is 4. The minimum absolute atomic E-state index is 0.0147. The zero-order valence-electron chi connectivity index (χ0n) is 14.3. The zero-order valence-corrected chi connectivity index (χ0v) is 16.0. The molecule has 0 amide bonds. The van der Waals surface area contributed by atoms with Crippen LogP contribution in [0, 0.1) is 0 Å². The Hall–Kier alpha value is -2.57. The largest absolute Gasteiger partial charge is 0.541 e. The van der Waals surface area contributed by atoms with Gasteiger partial charge in [-0.25, -0.2) is 4.57 Å². The quantitative estimate of drug-likeness (QED) is 0.327. The molecular weight excluding hydrogens is 410 g/mol. The Morgan fingerprint density at radius 1 is 0.750 bits per heavy atom. The molecule has 9 heteroatoms. The molecule has 3 rings (SSSR count). The van der Waals surface area contributed by atoms with Crippen LogP contribution < -0.4 is 14.1 Å². The number of hydrogen-bond donors (Lipinski definition) is 1. The fourth-order valence-corrected chi connectivity index (χ4v) is 4.13. The second-order valence-electron chi connectivity index (χ2n) is 5.49. The number of benzene rings is 3. The van der Waals surface area contributed by atoms with Gasteiger partial charge in [0, 0.05) is 10.6 Å². The number of anilines is 1. The number of halogens is 3. The predicted molar refractivity (Wildman–Crippen MR) is 104 cm³/mol. The smallest absolute Gasteiger partial charge is 0.400 e. The molecule has 0 radical (unpaired) electrons. The highest BCUT2D eigenvalue weighted by Gasteiger charge is 2.31. The molecule has 0 atom stereocenters. The van der Waals surface area contributed by atoms with Gasteiger partial charge in [0.1, 0.15) is 11.5 Å². The molecule has 0 aliphatic rings. The summed E-state index contributed by atoms with van der Waals surface area (Å²) < 4.78 is 61.8. The Bertz CT molecular complexity index is 893. The first-order valence-electron chi connectivity index (χ1n) is 8.05. The number of para-hydroxylation sites is 2. The van der Waals surface area contributed by atoms with Gasteiger partial charge in [0.2, 0.25) is 0 Å². The van der Waals surface area contributed by atoms with Crippen LogP contribution in [-0.4, -0.2) is 5.51 Å². The van der Waals surface area contributed by atoms with Crippen molar-refractivity contribution >= 4 is 25.2 Å². The topological polar surface area (TPSA) is 47.6 Å². The summed E-state index contributed by atoms with van der Waals surface area (Å²) in [4.78, 5) is 0.0147. The molecule has 0 saturated carbocycles. The third-order valence-corrected chi connectivity index (χ3v) is 5.47. The lowest BCUT2D eigenvalue weighted by molar-refractivity contribution is -0.0328. The van der Waals surface area contributed by atoms with E-state index >= 15 is 0 Å². The molecule has 0 aliphatic heterocycles. The maximum atomic E-state index is 13.3. The van der Waals surface area contributed by atoms with Gasteiger partial charge in [-0.15, -0.1) is 0 Å². The van der Waals surface area contributed by atoms with E-state index in [0.29, 0.717) is 17.2 Å². The lowest BCUT2D eigenvalue weighted by Gasteiger charge is -2.21. The lowest BCUT2D eigenvalue weighted by Crippen LogP contribution is -2.10. The Labute approximate surface area is 164 Å². The van der Waals surface area contributed by atoms with Crippen LogP contribution >= 0.6 is 19.5 Å². The van der Waals surface area contributed by atoms with E-state index in [0.717, 1.165) is 0 Å². The molecule has 0 saturated heterocycles. The van der Waals surface area contributed by atoms with E-state index in [2.05, 4.69) is 5.09 Å². The van der Waals surface area contributed by atoms with Crippen LogP contribution in [0.15, 0.2) is 89.8 Å². The van der Waals surface area contributed by atoms with Crippen LogP contribution in [0.1, 0.15) is 0 Å². The summed E-state index contributed by atoms with van der Waals surface area (Å²) >= 11 is -0.227. The summed E-state index contributed by atoms with van der Waals surface area (Å²) in [5.41, 5.74) is -4.08. The van der Waals surface area contributed by atoms with Gasteiger partial charge in [-0.3, -0.25) is 5.09 Å². The summed E-state index contributed by atoms with van der Waals surface area (Å²) in [6, 6.07) is 22.2. The van der Waals surface area contributed by atoms with E-state index in [-0.39, 0.29) is 16.7 Å². The average Bonchev–Trinajstić information content (AvgIpc) is 2.63. The average molecular weight is 425 g/mol. The number of thioether (sulfide) groups is 1. The maximum Gasteiger partial charge on any atom is 0.541 e. The van der Waals surface area contributed by atoms with Crippen molar-refractivity contribution in [2.75, 3.05) is 5.09 Å². The van der Waals surface area contributed by atoms with Gasteiger partial charge >= 0.3 is 13.3 Å². The Kier molecular flexibility index (Phi) is 6.21. The minimum atomic E-state index is -4.38. The number of nitrogens with one attached hydrogen (secondary N) is 1. The van der Waals surface area contributed by atoms with Crippen molar-refractivity contribution in [2.45, 2.75) is 10.4 Å². The van der Waals surface area contributed by atoms with Crippen molar-refractivity contribution in [1.29, 1.82) is 0 Å². The molecule has 3 aromatic carbocycles. The molecule has 0 spiro atoms. The molecule has 146 valence electrons. The summed E-state index contributed by atoms with van der Waals surface area (Å²) in [5.74, 6) is 0.636. The molecule has 4 nitrogen and oxygen atoms in total. The van der Waals surface area contributed by atoms with Gasteiger partial charge in [0.05, 0.1) is 0 Å². The van der Waals surface area contributed by atoms with E-state index in [4.69, 9.17) is 9.05 Å². The maximum absolute atomic E-state index is 13.3. The summed E-state index contributed by atoms with van der Waals surface area (Å²) in [5, 5.41) is 2.66. The van der Waals surface area contributed by atoms with Gasteiger partial charge in [-0.1, -0.05) is 36.4 Å².